The predicted octanol–water partition coefficient (Wildman–Crippen LogP) is 4.19. The number of nitrogens with one attached hydrogen (secondary N) is 1. The van der Waals surface area contributed by atoms with E-state index < -0.39 is 0 Å². The van der Waals surface area contributed by atoms with E-state index in [9.17, 15) is 4.79 Å². The first-order valence-electron chi connectivity index (χ1n) is 6.03. The van der Waals surface area contributed by atoms with Gasteiger partial charge in [0.2, 0.25) is 0 Å². The van der Waals surface area contributed by atoms with Gasteiger partial charge in [0.25, 0.3) is 6.47 Å². The van der Waals surface area contributed by atoms with E-state index in [1.165, 1.54) is 0 Å². The van der Waals surface area contributed by atoms with Crippen molar-refractivity contribution in [1.82, 2.24) is 4.98 Å². The minimum Gasteiger partial charge on any atom is -0.459 e. The molecule has 1 N–H and O–H groups in total. The molecule has 3 nitrogen and oxygen atoms in total. The molecule has 2 rings (SSSR count). The lowest BCUT2D eigenvalue weighted by atomic mass is 9.93. The molecule has 1 aromatic carbocycles. The summed E-state index contributed by atoms with van der Waals surface area (Å²) in [4.78, 5) is 13.9. The molecule has 0 aliphatic heterocycles. The van der Waals surface area contributed by atoms with Gasteiger partial charge in [0.15, 0.2) is 0 Å². The van der Waals surface area contributed by atoms with Crippen molar-refractivity contribution in [2.24, 2.45) is 5.92 Å². The quantitative estimate of drug-likeness (QED) is 0.841. The summed E-state index contributed by atoms with van der Waals surface area (Å²) in [5.74, 6) is 0.280. The summed E-state index contributed by atoms with van der Waals surface area (Å²) in [7, 11) is 0. The Kier molecular flexibility index (Phi) is 4.07. The van der Waals surface area contributed by atoms with Gasteiger partial charge in [-0.05, 0) is 30.5 Å². The monoisotopic (exact) mass is 309 g/mol. The first-order valence-corrected chi connectivity index (χ1v) is 6.82. The number of rotatable bonds is 5. The SMILES string of the molecule is CCC(C)C(OC=O)c1cc(Br)cc2[nH]ccc12. The van der Waals surface area contributed by atoms with E-state index in [1.807, 2.05) is 24.4 Å². The van der Waals surface area contributed by atoms with E-state index in [1.54, 1.807) is 0 Å². The molecule has 96 valence electrons. The van der Waals surface area contributed by atoms with E-state index >= 15 is 0 Å². The van der Waals surface area contributed by atoms with Crippen molar-refractivity contribution in [3.05, 3.63) is 34.4 Å². The van der Waals surface area contributed by atoms with E-state index in [-0.39, 0.29) is 12.0 Å². The highest BCUT2D eigenvalue weighted by Gasteiger charge is 2.22. The molecule has 0 bridgehead atoms. The summed E-state index contributed by atoms with van der Waals surface area (Å²) in [6, 6.07) is 6.06. The summed E-state index contributed by atoms with van der Waals surface area (Å²) in [5.41, 5.74) is 2.09. The summed E-state index contributed by atoms with van der Waals surface area (Å²) >= 11 is 3.49. The van der Waals surface area contributed by atoms with Crippen LogP contribution in [0.25, 0.3) is 10.9 Å². The van der Waals surface area contributed by atoms with Gasteiger partial charge in [-0.2, -0.15) is 0 Å². The van der Waals surface area contributed by atoms with Crippen LogP contribution >= 0.6 is 15.9 Å². The standard InChI is InChI=1S/C14H16BrNO2/c1-3-9(2)14(18-8-17)12-6-10(15)7-13-11(12)4-5-16-13/h4-9,14,16H,3H2,1-2H3. The Hall–Kier alpha value is -1.29. The van der Waals surface area contributed by atoms with Crippen LogP contribution in [0.1, 0.15) is 31.9 Å². The number of carbonyl (C=O) groups is 1. The van der Waals surface area contributed by atoms with Crippen LogP contribution in [0.15, 0.2) is 28.9 Å². The fraction of sp³-hybridized carbons (Fsp3) is 0.357. The van der Waals surface area contributed by atoms with Gasteiger partial charge in [0.05, 0.1) is 0 Å². The molecule has 0 aliphatic rings. The second-order valence-corrected chi connectivity index (χ2v) is 5.39. The molecular formula is C14H16BrNO2. The van der Waals surface area contributed by atoms with Crippen molar-refractivity contribution in [1.29, 1.82) is 0 Å². The summed E-state index contributed by atoms with van der Waals surface area (Å²) < 4.78 is 6.28. The number of benzene rings is 1. The fourth-order valence-electron chi connectivity index (χ4n) is 2.18. The largest absolute Gasteiger partial charge is 0.459 e. The molecule has 2 unspecified atom stereocenters. The van der Waals surface area contributed by atoms with Crippen LogP contribution in [0.3, 0.4) is 0 Å². The predicted molar refractivity (Wildman–Crippen MR) is 75.3 cm³/mol. The Morgan fingerprint density at radius 2 is 2.28 bits per heavy atom. The maximum atomic E-state index is 10.7. The van der Waals surface area contributed by atoms with E-state index in [0.717, 1.165) is 27.4 Å². The number of hydrogen-bond acceptors (Lipinski definition) is 2. The molecule has 0 fully saturated rings. The zero-order valence-corrected chi connectivity index (χ0v) is 12.0. The Morgan fingerprint density at radius 3 is 2.94 bits per heavy atom. The minimum atomic E-state index is -0.205. The van der Waals surface area contributed by atoms with Gasteiger partial charge in [-0.1, -0.05) is 29.8 Å². The van der Waals surface area contributed by atoms with Crippen molar-refractivity contribution in [2.45, 2.75) is 26.4 Å². The van der Waals surface area contributed by atoms with Crippen LogP contribution in [0.5, 0.6) is 0 Å². The highest BCUT2D eigenvalue weighted by Crippen LogP contribution is 2.34. The fourth-order valence-corrected chi connectivity index (χ4v) is 2.66. The number of ether oxygens (including phenoxy) is 1. The lowest BCUT2D eigenvalue weighted by Gasteiger charge is -2.22. The number of H-pyrrole nitrogens is 1. The third-order valence-corrected chi connectivity index (χ3v) is 3.79. The first-order chi connectivity index (χ1) is 8.67. The lowest BCUT2D eigenvalue weighted by Crippen LogP contribution is -2.13. The van der Waals surface area contributed by atoms with Gasteiger partial charge in [-0.3, -0.25) is 4.79 Å². The first kappa shape index (κ1) is 13.1. The Bertz CT molecular complexity index is 550. The molecule has 0 saturated heterocycles. The lowest BCUT2D eigenvalue weighted by molar-refractivity contribution is -0.136. The van der Waals surface area contributed by atoms with Gasteiger partial charge in [-0.25, -0.2) is 0 Å². The smallest absolute Gasteiger partial charge is 0.293 e. The zero-order chi connectivity index (χ0) is 13.1. The minimum absolute atomic E-state index is 0.205. The van der Waals surface area contributed by atoms with Crippen LogP contribution in [-0.4, -0.2) is 11.5 Å². The molecule has 0 amide bonds. The van der Waals surface area contributed by atoms with Crippen molar-refractivity contribution >= 4 is 33.3 Å². The number of aromatic nitrogens is 1. The van der Waals surface area contributed by atoms with Crippen LogP contribution in [0.4, 0.5) is 0 Å². The third-order valence-electron chi connectivity index (χ3n) is 3.34. The van der Waals surface area contributed by atoms with Gasteiger partial charge >= 0.3 is 0 Å². The third kappa shape index (κ3) is 2.43. The molecule has 0 aliphatic carbocycles. The Morgan fingerprint density at radius 1 is 1.50 bits per heavy atom. The Balaban J connectivity index is 2.54. The van der Waals surface area contributed by atoms with Gasteiger partial charge in [0, 0.05) is 27.1 Å². The van der Waals surface area contributed by atoms with Crippen molar-refractivity contribution in [3.8, 4) is 0 Å². The van der Waals surface area contributed by atoms with Crippen molar-refractivity contribution in [3.63, 3.8) is 0 Å². The van der Waals surface area contributed by atoms with Crippen molar-refractivity contribution < 1.29 is 9.53 Å². The van der Waals surface area contributed by atoms with Crippen LogP contribution in [0, 0.1) is 5.92 Å². The summed E-state index contributed by atoms with van der Waals surface area (Å²) in [6.45, 7) is 4.72. The second-order valence-electron chi connectivity index (χ2n) is 4.47. The number of hydrogen-bond donors (Lipinski definition) is 1. The second kappa shape index (κ2) is 5.57. The molecule has 0 spiro atoms. The maximum absolute atomic E-state index is 10.7. The topological polar surface area (TPSA) is 42.1 Å². The van der Waals surface area contributed by atoms with Gasteiger partial charge in [-0.15, -0.1) is 0 Å². The average molecular weight is 310 g/mol. The maximum Gasteiger partial charge on any atom is 0.293 e. The molecule has 2 aromatic rings. The molecule has 2 atom stereocenters. The Labute approximate surface area is 115 Å². The molecule has 0 radical (unpaired) electrons. The normalized spacial score (nSPS) is 14.4. The summed E-state index contributed by atoms with van der Waals surface area (Å²) in [5, 5.41) is 1.10. The highest BCUT2D eigenvalue weighted by molar-refractivity contribution is 9.10. The van der Waals surface area contributed by atoms with Crippen LogP contribution in [0.2, 0.25) is 0 Å². The number of aromatic amines is 1. The molecule has 4 heteroatoms. The average Bonchev–Trinajstić information content (AvgIpc) is 2.82. The van der Waals surface area contributed by atoms with Crippen LogP contribution < -0.4 is 0 Å². The number of carbonyl (C=O) groups excluding carboxylic acids is 1. The van der Waals surface area contributed by atoms with E-state index in [2.05, 4.69) is 34.8 Å². The molecule has 18 heavy (non-hydrogen) atoms. The van der Waals surface area contributed by atoms with E-state index in [0.29, 0.717) is 6.47 Å². The van der Waals surface area contributed by atoms with E-state index in [4.69, 9.17) is 4.74 Å². The summed E-state index contributed by atoms with van der Waals surface area (Å²) in [6.07, 6.45) is 2.65. The molecule has 0 saturated carbocycles. The molecule has 1 aromatic heterocycles. The van der Waals surface area contributed by atoms with Gasteiger partial charge < -0.3 is 9.72 Å². The molecule has 1 heterocycles. The number of fused-ring (bicyclic) bond motifs is 1. The molecular weight excluding hydrogens is 294 g/mol. The van der Waals surface area contributed by atoms with Gasteiger partial charge in [0.1, 0.15) is 6.10 Å². The van der Waals surface area contributed by atoms with Crippen LogP contribution in [-0.2, 0) is 9.53 Å². The zero-order valence-electron chi connectivity index (χ0n) is 10.4. The number of halogens is 1. The van der Waals surface area contributed by atoms with Crippen molar-refractivity contribution in [2.75, 3.05) is 0 Å². The highest BCUT2D eigenvalue weighted by atomic mass is 79.9.